The maximum Gasteiger partial charge on any atom is 0.227 e. The number of nitrogens with one attached hydrogen (secondary N) is 2. The summed E-state index contributed by atoms with van der Waals surface area (Å²) in [4.78, 5) is 40.7. The number of carbonyl (C=O) groups is 2. The number of likely N-dealkylation sites (N-methyl/N-ethyl adjacent to an activating group) is 2. The molecule has 0 saturated heterocycles. The molecule has 0 saturated carbocycles. The summed E-state index contributed by atoms with van der Waals surface area (Å²) < 4.78 is 5.65. The van der Waals surface area contributed by atoms with Crippen molar-refractivity contribution in [2.24, 2.45) is 0 Å². The van der Waals surface area contributed by atoms with Crippen molar-refractivity contribution in [1.82, 2.24) is 19.9 Å². The van der Waals surface area contributed by atoms with Gasteiger partial charge in [0.15, 0.2) is 0 Å². The van der Waals surface area contributed by atoms with Crippen LogP contribution in [-0.2, 0) is 4.79 Å². The van der Waals surface area contributed by atoms with Crippen LogP contribution in [0.3, 0.4) is 0 Å². The molecule has 2 heterocycles. The standard InChI is InChI=1S/C26H31N7O3/c1-18(17-34)15-29-21-13-22(24(36-5)14-23(21)33(4)12-11-32(2)3)31-26-28-10-8-20(30-26)25(35)19-7-6-9-27-16-19/h6-10,13-14,16-17,29H,1,11-12,15H2,2-5H3,(H,28,30,31). The Hall–Kier alpha value is -4.31. The van der Waals surface area contributed by atoms with Gasteiger partial charge in [0.2, 0.25) is 11.7 Å². The number of methoxy groups -OCH3 is 1. The van der Waals surface area contributed by atoms with Crippen molar-refractivity contribution in [3.63, 3.8) is 0 Å². The minimum absolute atomic E-state index is 0.236. The number of aldehydes is 1. The molecule has 0 unspecified atom stereocenters. The van der Waals surface area contributed by atoms with Crippen LogP contribution >= 0.6 is 0 Å². The fourth-order valence-electron chi connectivity index (χ4n) is 3.32. The van der Waals surface area contributed by atoms with E-state index >= 15 is 0 Å². The summed E-state index contributed by atoms with van der Waals surface area (Å²) in [5.41, 5.74) is 3.34. The summed E-state index contributed by atoms with van der Waals surface area (Å²) in [6.07, 6.45) is 5.34. The highest BCUT2D eigenvalue weighted by atomic mass is 16.5. The first-order chi connectivity index (χ1) is 17.3. The first-order valence-electron chi connectivity index (χ1n) is 11.3. The molecule has 3 aromatic rings. The van der Waals surface area contributed by atoms with Gasteiger partial charge in [-0.3, -0.25) is 14.6 Å². The van der Waals surface area contributed by atoms with Crippen LogP contribution in [0.4, 0.5) is 23.0 Å². The van der Waals surface area contributed by atoms with E-state index in [2.05, 4.69) is 42.0 Å². The molecule has 188 valence electrons. The van der Waals surface area contributed by atoms with Crippen molar-refractivity contribution in [3.8, 4) is 5.75 Å². The van der Waals surface area contributed by atoms with E-state index in [0.717, 1.165) is 30.8 Å². The van der Waals surface area contributed by atoms with Gasteiger partial charge in [-0.15, -0.1) is 0 Å². The van der Waals surface area contributed by atoms with Crippen molar-refractivity contribution >= 4 is 35.1 Å². The summed E-state index contributed by atoms with van der Waals surface area (Å²) in [6, 6.07) is 8.69. The van der Waals surface area contributed by atoms with Gasteiger partial charge in [-0.2, -0.15) is 0 Å². The van der Waals surface area contributed by atoms with Crippen LogP contribution in [0.15, 0.2) is 61.1 Å². The van der Waals surface area contributed by atoms with Crippen molar-refractivity contribution < 1.29 is 14.3 Å². The molecule has 36 heavy (non-hydrogen) atoms. The van der Waals surface area contributed by atoms with Crippen LogP contribution < -0.4 is 20.3 Å². The third-order valence-corrected chi connectivity index (χ3v) is 5.34. The van der Waals surface area contributed by atoms with Crippen LogP contribution in [0.1, 0.15) is 16.1 Å². The third kappa shape index (κ3) is 6.86. The number of ether oxygens (including phenoxy) is 1. The van der Waals surface area contributed by atoms with Crippen LogP contribution in [-0.4, -0.2) is 79.8 Å². The van der Waals surface area contributed by atoms with Gasteiger partial charge in [-0.05, 0) is 38.4 Å². The molecule has 10 nitrogen and oxygen atoms in total. The molecule has 10 heteroatoms. The van der Waals surface area contributed by atoms with E-state index in [0.29, 0.717) is 22.6 Å². The van der Waals surface area contributed by atoms with Crippen molar-refractivity contribution in [2.45, 2.75) is 0 Å². The molecular formula is C26H31N7O3. The first-order valence-corrected chi connectivity index (χ1v) is 11.3. The average Bonchev–Trinajstić information content (AvgIpc) is 2.90. The van der Waals surface area contributed by atoms with Gasteiger partial charge in [0, 0.05) is 62.5 Å². The second-order valence-electron chi connectivity index (χ2n) is 8.39. The SMILES string of the molecule is C=C(C=O)CNc1cc(Nc2nccc(C(=O)c3cccnc3)n2)c(OC)cc1N(C)CCN(C)C. The zero-order chi connectivity index (χ0) is 26.1. The maximum absolute atomic E-state index is 12.8. The molecule has 2 aromatic heterocycles. The minimum atomic E-state index is -0.256. The van der Waals surface area contributed by atoms with Crippen LogP contribution in [0.25, 0.3) is 0 Å². The maximum atomic E-state index is 12.8. The van der Waals surface area contributed by atoms with E-state index in [9.17, 15) is 9.59 Å². The number of nitrogens with zero attached hydrogens (tertiary/aromatic N) is 5. The predicted molar refractivity (Wildman–Crippen MR) is 141 cm³/mol. The van der Waals surface area contributed by atoms with Gasteiger partial charge in [0.05, 0.1) is 24.2 Å². The number of benzene rings is 1. The Bertz CT molecular complexity index is 1220. The lowest BCUT2D eigenvalue weighted by atomic mass is 10.1. The molecule has 2 N–H and O–H groups in total. The van der Waals surface area contributed by atoms with Gasteiger partial charge < -0.3 is 25.2 Å². The van der Waals surface area contributed by atoms with E-state index in [1.165, 1.54) is 12.4 Å². The zero-order valence-corrected chi connectivity index (χ0v) is 21.0. The van der Waals surface area contributed by atoms with E-state index in [1.54, 1.807) is 31.5 Å². The largest absolute Gasteiger partial charge is 0.494 e. The van der Waals surface area contributed by atoms with E-state index < -0.39 is 0 Å². The molecule has 0 spiro atoms. The molecule has 0 bridgehead atoms. The summed E-state index contributed by atoms with van der Waals surface area (Å²) in [6.45, 7) is 5.66. The lowest BCUT2D eigenvalue weighted by Crippen LogP contribution is -2.29. The first kappa shape index (κ1) is 26.3. The normalized spacial score (nSPS) is 10.6. The monoisotopic (exact) mass is 489 g/mol. The van der Waals surface area contributed by atoms with E-state index in [1.807, 2.05) is 33.3 Å². The number of carbonyl (C=O) groups excluding carboxylic acids is 2. The average molecular weight is 490 g/mol. The number of pyridine rings is 1. The Morgan fingerprint density at radius 1 is 1.14 bits per heavy atom. The fourth-order valence-corrected chi connectivity index (χ4v) is 3.32. The van der Waals surface area contributed by atoms with Crippen molar-refractivity contribution in [1.29, 1.82) is 0 Å². The molecule has 0 aliphatic rings. The Balaban J connectivity index is 1.94. The number of anilines is 4. The molecule has 0 atom stereocenters. The number of aromatic nitrogens is 3. The Kier molecular flexibility index (Phi) is 9.07. The molecule has 3 rings (SSSR count). The quantitative estimate of drug-likeness (QED) is 0.211. The number of rotatable bonds is 13. The second-order valence-corrected chi connectivity index (χ2v) is 8.39. The van der Waals surface area contributed by atoms with Gasteiger partial charge in [0.25, 0.3) is 0 Å². The number of ketones is 1. The van der Waals surface area contributed by atoms with Crippen molar-refractivity contribution in [2.75, 3.05) is 63.4 Å². The summed E-state index contributed by atoms with van der Waals surface area (Å²) in [5, 5.41) is 6.43. The van der Waals surface area contributed by atoms with Crippen LogP contribution in [0, 0.1) is 0 Å². The molecular weight excluding hydrogens is 458 g/mol. The lowest BCUT2D eigenvalue weighted by molar-refractivity contribution is -0.104. The van der Waals surface area contributed by atoms with Gasteiger partial charge in [-0.25, -0.2) is 9.97 Å². The minimum Gasteiger partial charge on any atom is -0.494 e. The van der Waals surface area contributed by atoms with Crippen molar-refractivity contribution in [3.05, 3.63) is 72.3 Å². The zero-order valence-electron chi connectivity index (χ0n) is 21.0. The molecule has 0 aliphatic heterocycles. The smallest absolute Gasteiger partial charge is 0.227 e. The topological polar surface area (TPSA) is 113 Å². The summed E-state index contributed by atoms with van der Waals surface area (Å²) in [5.74, 6) is 0.544. The third-order valence-electron chi connectivity index (χ3n) is 5.34. The molecule has 0 aliphatic carbocycles. The van der Waals surface area contributed by atoms with E-state index in [4.69, 9.17) is 4.74 Å². The Morgan fingerprint density at radius 3 is 2.61 bits per heavy atom. The molecule has 0 fully saturated rings. The van der Waals surface area contributed by atoms with Gasteiger partial charge >= 0.3 is 0 Å². The lowest BCUT2D eigenvalue weighted by Gasteiger charge is -2.26. The predicted octanol–water partition coefficient (Wildman–Crippen LogP) is 3.02. The fraction of sp³-hybridized carbons (Fsp3) is 0.269. The van der Waals surface area contributed by atoms with Crippen LogP contribution in [0.5, 0.6) is 5.75 Å². The number of hydrogen-bond donors (Lipinski definition) is 2. The van der Waals surface area contributed by atoms with Gasteiger partial charge in [0.1, 0.15) is 17.7 Å². The molecule has 0 amide bonds. The second kappa shape index (κ2) is 12.4. The van der Waals surface area contributed by atoms with Crippen LogP contribution in [0.2, 0.25) is 0 Å². The van der Waals surface area contributed by atoms with Gasteiger partial charge in [-0.1, -0.05) is 6.58 Å². The highest BCUT2D eigenvalue weighted by molar-refractivity contribution is 6.07. The highest BCUT2D eigenvalue weighted by Crippen LogP contribution is 2.37. The highest BCUT2D eigenvalue weighted by Gasteiger charge is 2.17. The molecule has 0 radical (unpaired) electrons. The molecule has 1 aromatic carbocycles. The Labute approximate surface area is 211 Å². The van der Waals surface area contributed by atoms with E-state index in [-0.39, 0.29) is 24.0 Å². The summed E-state index contributed by atoms with van der Waals surface area (Å²) >= 11 is 0. The number of hydrogen-bond acceptors (Lipinski definition) is 10. The Morgan fingerprint density at radius 2 is 1.94 bits per heavy atom. The summed E-state index contributed by atoms with van der Waals surface area (Å²) in [7, 11) is 7.60.